The fraction of sp³-hybridized carbons (Fsp3) is 0.615. The van der Waals surface area contributed by atoms with Crippen molar-refractivity contribution in [1.82, 2.24) is 9.88 Å². The number of nitrogens with one attached hydrogen (secondary N) is 1. The van der Waals surface area contributed by atoms with Crippen molar-refractivity contribution in [2.24, 2.45) is 0 Å². The molecule has 20 heavy (non-hydrogen) atoms. The van der Waals surface area contributed by atoms with Crippen LogP contribution in [0.1, 0.15) is 31.9 Å². The molecule has 0 spiro atoms. The molecule has 1 aliphatic rings. The lowest BCUT2D eigenvalue weighted by Crippen LogP contribution is -2.38. The highest BCUT2D eigenvalue weighted by Crippen LogP contribution is 2.18. The van der Waals surface area contributed by atoms with Crippen molar-refractivity contribution in [2.75, 3.05) is 25.0 Å². The molecule has 7 heteroatoms. The number of esters is 1. The number of rotatable bonds is 4. The van der Waals surface area contributed by atoms with Crippen LogP contribution in [0.5, 0.6) is 0 Å². The molecule has 1 N–H and O–H groups in total. The van der Waals surface area contributed by atoms with Crippen LogP contribution in [0.25, 0.3) is 0 Å². The largest absolute Gasteiger partial charge is 0.466 e. The van der Waals surface area contributed by atoms with Crippen LogP contribution in [0, 0.1) is 0 Å². The van der Waals surface area contributed by atoms with Gasteiger partial charge in [0.05, 0.1) is 18.7 Å². The van der Waals surface area contributed by atoms with E-state index in [9.17, 15) is 9.59 Å². The van der Waals surface area contributed by atoms with Gasteiger partial charge in [-0.3, -0.25) is 10.1 Å². The summed E-state index contributed by atoms with van der Waals surface area (Å²) in [6, 6.07) is -0.110. The second-order valence-corrected chi connectivity index (χ2v) is 5.46. The Morgan fingerprint density at radius 1 is 1.40 bits per heavy atom. The maximum Gasteiger partial charge on any atom is 0.323 e. The number of carbonyl (C=O) groups is 2. The Bertz CT molecular complexity index is 469. The molecule has 0 aromatic carbocycles. The summed E-state index contributed by atoms with van der Waals surface area (Å²) in [4.78, 5) is 29.4. The first kappa shape index (κ1) is 14.8. The van der Waals surface area contributed by atoms with E-state index in [1.165, 1.54) is 17.8 Å². The van der Waals surface area contributed by atoms with Gasteiger partial charge in [0.25, 0.3) is 0 Å². The lowest BCUT2D eigenvalue weighted by atomic mass is 10.1. The normalized spacial score (nSPS) is 14.9. The zero-order chi connectivity index (χ0) is 14.4. The molecule has 2 amide bonds. The van der Waals surface area contributed by atoms with Crippen LogP contribution < -0.4 is 5.32 Å². The molecular weight excluding hydrogens is 278 g/mol. The number of piperidine rings is 1. The minimum Gasteiger partial charge on any atom is -0.466 e. The highest BCUT2D eigenvalue weighted by atomic mass is 32.1. The molecule has 0 unspecified atom stereocenters. The van der Waals surface area contributed by atoms with Gasteiger partial charge in [0.15, 0.2) is 5.13 Å². The molecule has 0 atom stereocenters. The van der Waals surface area contributed by atoms with Crippen LogP contribution in [0.3, 0.4) is 0 Å². The van der Waals surface area contributed by atoms with E-state index in [1.807, 2.05) is 0 Å². The van der Waals surface area contributed by atoms with Gasteiger partial charge in [-0.2, -0.15) is 0 Å². The summed E-state index contributed by atoms with van der Waals surface area (Å²) in [7, 11) is 0. The number of thiazole rings is 1. The van der Waals surface area contributed by atoms with Gasteiger partial charge in [-0.05, 0) is 26.2 Å². The Kier molecular flexibility index (Phi) is 5.34. The lowest BCUT2D eigenvalue weighted by Gasteiger charge is -2.26. The average molecular weight is 297 g/mol. The SMILES string of the molecule is CCOC(=O)Cc1csc(NC(=O)N2CCCCC2)n1. The van der Waals surface area contributed by atoms with Crippen molar-refractivity contribution < 1.29 is 14.3 Å². The summed E-state index contributed by atoms with van der Waals surface area (Å²) >= 11 is 1.32. The van der Waals surface area contributed by atoms with E-state index in [0.29, 0.717) is 17.4 Å². The molecule has 110 valence electrons. The van der Waals surface area contributed by atoms with Crippen molar-refractivity contribution in [3.05, 3.63) is 11.1 Å². The fourth-order valence-corrected chi connectivity index (χ4v) is 2.77. The Labute approximate surface area is 122 Å². The molecule has 0 bridgehead atoms. The van der Waals surface area contributed by atoms with Crippen molar-refractivity contribution in [1.29, 1.82) is 0 Å². The predicted molar refractivity (Wildman–Crippen MR) is 76.9 cm³/mol. The average Bonchev–Trinajstić information content (AvgIpc) is 2.87. The van der Waals surface area contributed by atoms with Gasteiger partial charge in [-0.1, -0.05) is 0 Å². The van der Waals surface area contributed by atoms with Gasteiger partial charge in [-0.15, -0.1) is 11.3 Å². The molecule has 1 aliphatic heterocycles. The molecule has 0 aliphatic carbocycles. The second-order valence-electron chi connectivity index (χ2n) is 4.60. The highest BCUT2D eigenvalue weighted by molar-refractivity contribution is 7.13. The van der Waals surface area contributed by atoms with E-state index in [2.05, 4.69) is 10.3 Å². The van der Waals surface area contributed by atoms with Crippen LogP contribution in [0.2, 0.25) is 0 Å². The summed E-state index contributed by atoms with van der Waals surface area (Å²) in [6.07, 6.45) is 3.44. The Hall–Kier alpha value is -1.63. The lowest BCUT2D eigenvalue weighted by molar-refractivity contribution is -0.142. The van der Waals surface area contributed by atoms with Gasteiger partial charge in [0.1, 0.15) is 0 Å². The minimum atomic E-state index is -0.299. The Balaban J connectivity index is 1.85. The number of ether oxygens (including phenoxy) is 1. The van der Waals surface area contributed by atoms with Crippen molar-refractivity contribution >= 4 is 28.5 Å². The monoisotopic (exact) mass is 297 g/mol. The molecule has 0 radical (unpaired) electrons. The molecule has 1 aromatic rings. The zero-order valence-electron chi connectivity index (χ0n) is 11.6. The zero-order valence-corrected chi connectivity index (χ0v) is 12.4. The number of likely N-dealkylation sites (tertiary alicyclic amines) is 1. The van der Waals surface area contributed by atoms with Gasteiger partial charge in [-0.25, -0.2) is 9.78 Å². The maximum atomic E-state index is 12.0. The third kappa shape index (κ3) is 4.19. The summed E-state index contributed by atoms with van der Waals surface area (Å²) in [5.41, 5.74) is 0.627. The van der Waals surface area contributed by atoms with E-state index in [1.54, 1.807) is 17.2 Å². The first-order valence-electron chi connectivity index (χ1n) is 6.85. The van der Waals surface area contributed by atoms with E-state index in [-0.39, 0.29) is 18.4 Å². The minimum absolute atomic E-state index is 0.110. The maximum absolute atomic E-state index is 12.0. The van der Waals surface area contributed by atoms with E-state index < -0.39 is 0 Å². The van der Waals surface area contributed by atoms with E-state index in [0.717, 1.165) is 25.9 Å². The first-order chi connectivity index (χ1) is 9.69. The number of aromatic nitrogens is 1. The number of hydrogen-bond acceptors (Lipinski definition) is 5. The van der Waals surface area contributed by atoms with Crippen LogP contribution in [0.15, 0.2) is 5.38 Å². The highest BCUT2D eigenvalue weighted by Gasteiger charge is 2.17. The van der Waals surface area contributed by atoms with Crippen molar-refractivity contribution in [3.63, 3.8) is 0 Å². The Morgan fingerprint density at radius 3 is 2.85 bits per heavy atom. The van der Waals surface area contributed by atoms with Gasteiger partial charge in [0, 0.05) is 18.5 Å². The third-order valence-corrected chi connectivity index (χ3v) is 3.85. The fourth-order valence-electron chi connectivity index (χ4n) is 2.07. The molecule has 1 saturated heterocycles. The number of carbonyl (C=O) groups excluding carboxylic acids is 2. The topological polar surface area (TPSA) is 71.5 Å². The smallest absolute Gasteiger partial charge is 0.323 e. The molecule has 1 fully saturated rings. The first-order valence-corrected chi connectivity index (χ1v) is 7.73. The van der Waals surface area contributed by atoms with Crippen molar-refractivity contribution in [3.8, 4) is 0 Å². The van der Waals surface area contributed by atoms with Crippen molar-refractivity contribution in [2.45, 2.75) is 32.6 Å². The molecule has 2 rings (SSSR count). The van der Waals surface area contributed by atoms with Gasteiger partial charge < -0.3 is 9.64 Å². The summed E-state index contributed by atoms with van der Waals surface area (Å²) in [5.74, 6) is -0.299. The molecule has 1 aromatic heterocycles. The number of nitrogens with zero attached hydrogens (tertiary/aromatic N) is 2. The number of anilines is 1. The molecule has 2 heterocycles. The molecule has 0 saturated carbocycles. The van der Waals surface area contributed by atoms with Crippen LogP contribution in [-0.4, -0.2) is 41.6 Å². The summed E-state index contributed by atoms with van der Waals surface area (Å²) in [5, 5.41) is 5.07. The Morgan fingerprint density at radius 2 is 2.15 bits per heavy atom. The van der Waals surface area contributed by atoms with Gasteiger partial charge in [0.2, 0.25) is 0 Å². The number of urea groups is 1. The molecular formula is C13H19N3O3S. The quantitative estimate of drug-likeness (QED) is 0.865. The predicted octanol–water partition coefficient (Wildman–Crippen LogP) is 2.27. The van der Waals surface area contributed by atoms with E-state index in [4.69, 9.17) is 4.74 Å². The van der Waals surface area contributed by atoms with Crippen LogP contribution >= 0.6 is 11.3 Å². The summed E-state index contributed by atoms with van der Waals surface area (Å²) < 4.78 is 4.86. The van der Waals surface area contributed by atoms with Gasteiger partial charge >= 0.3 is 12.0 Å². The summed E-state index contributed by atoms with van der Waals surface area (Å²) in [6.45, 7) is 3.73. The molecule has 6 nitrogen and oxygen atoms in total. The third-order valence-electron chi connectivity index (χ3n) is 3.04. The van der Waals surface area contributed by atoms with Crippen LogP contribution in [-0.2, 0) is 16.0 Å². The van der Waals surface area contributed by atoms with Crippen LogP contribution in [0.4, 0.5) is 9.93 Å². The van der Waals surface area contributed by atoms with E-state index >= 15 is 0 Å². The second kappa shape index (κ2) is 7.23. The standard InChI is InChI=1S/C13H19N3O3S/c1-2-19-11(17)8-10-9-20-12(14-10)15-13(18)16-6-4-3-5-7-16/h9H,2-8H2,1H3,(H,14,15,18). The number of hydrogen-bond donors (Lipinski definition) is 1. The number of amides is 2.